The van der Waals surface area contributed by atoms with Gasteiger partial charge in [0.05, 0.1) is 6.10 Å². The molecule has 0 radical (unpaired) electrons. The van der Waals surface area contributed by atoms with Crippen molar-refractivity contribution >= 4 is 5.97 Å². The number of terminal acetylenes is 1. The Kier molecular flexibility index (Phi) is 3.49. The lowest BCUT2D eigenvalue weighted by Crippen LogP contribution is -2.13. The molecule has 0 aliphatic rings. The largest absolute Gasteiger partial charge is 0.453 e. The van der Waals surface area contributed by atoms with Gasteiger partial charge in [-0.1, -0.05) is 0 Å². The third-order valence-electron chi connectivity index (χ3n) is 0.573. The smallest absolute Gasteiger partial charge is 0.384 e. The number of rotatable bonds is 2. The summed E-state index contributed by atoms with van der Waals surface area (Å²) >= 11 is 0. The van der Waals surface area contributed by atoms with Crippen molar-refractivity contribution in [1.82, 2.24) is 0 Å². The highest BCUT2D eigenvalue weighted by Gasteiger charge is 1.98. The van der Waals surface area contributed by atoms with E-state index in [4.69, 9.17) is 5.11 Å². The standard InChI is InChI=1S/C6H8O3/c1-3-6(8)9-4-5(2)7/h1,5,7H,4H2,2H3/t5-/m0/s1. The van der Waals surface area contributed by atoms with Crippen LogP contribution in [0.3, 0.4) is 0 Å². The van der Waals surface area contributed by atoms with Gasteiger partial charge in [-0.25, -0.2) is 4.79 Å². The Hall–Kier alpha value is -1.01. The van der Waals surface area contributed by atoms with E-state index in [1.54, 1.807) is 5.92 Å². The molecule has 9 heavy (non-hydrogen) atoms. The summed E-state index contributed by atoms with van der Waals surface area (Å²) in [6, 6.07) is 0. The fourth-order valence-electron chi connectivity index (χ4n) is 0.238. The van der Waals surface area contributed by atoms with Crippen LogP contribution in [0.5, 0.6) is 0 Å². The molecule has 0 saturated carbocycles. The number of hydrogen-bond acceptors (Lipinski definition) is 3. The van der Waals surface area contributed by atoms with Gasteiger partial charge in [0.1, 0.15) is 6.61 Å². The van der Waals surface area contributed by atoms with Crippen molar-refractivity contribution in [3.63, 3.8) is 0 Å². The fourth-order valence-corrected chi connectivity index (χ4v) is 0.238. The van der Waals surface area contributed by atoms with Crippen molar-refractivity contribution in [3.05, 3.63) is 0 Å². The molecule has 1 N–H and O–H groups in total. The molecule has 50 valence electrons. The number of hydrogen-bond donors (Lipinski definition) is 1. The molecule has 3 heteroatoms. The Morgan fingerprint density at radius 3 is 2.89 bits per heavy atom. The lowest BCUT2D eigenvalue weighted by atomic mass is 10.4. The molecule has 1 atom stereocenters. The number of carbonyl (C=O) groups excluding carboxylic acids is 1. The maximum absolute atomic E-state index is 10.1. The Bertz CT molecular complexity index is 132. The summed E-state index contributed by atoms with van der Waals surface area (Å²) in [5.74, 6) is 1.01. The molecule has 0 aliphatic carbocycles. The minimum Gasteiger partial charge on any atom is -0.453 e. The molecule has 0 aromatic carbocycles. The summed E-state index contributed by atoms with van der Waals surface area (Å²) < 4.78 is 4.33. The zero-order valence-corrected chi connectivity index (χ0v) is 5.13. The van der Waals surface area contributed by atoms with Crippen LogP contribution in [0.2, 0.25) is 0 Å². The van der Waals surface area contributed by atoms with Crippen molar-refractivity contribution < 1.29 is 14.6 Å². The van der Waals surface area contributed by atoms with Crippen molar-refractivity contribution in [1.29, 1.82) is 0 Å². The number of aliphatic hydroxyl groups is 1. The summed E-state index contributed by atoms with van der Waals surface area (Å²) in [5, 5.41) is 8.55. The molecule has 0 rings (SSSR count). The summed E-state index contributed by atoms with van der Waals surface area (Å²) in [6.07, 6.45) is 4.00. The Labute approximate surface area is 53.6 Å². The van der Waals surface area contributed by atoms with E-state index < -0.39 is 12.1 Å². The summed E-state index contributed by atoms with van der Waals surface area (Å²) in [5.41, 5.74) is 0. The Morgan fingerprint density at radius 2 is 2.56 bits per heavy atom. The Morgan fingerprint density at radius 1 is 2.00 bits per heavy atom. The first kappa shape index (κ1) is 7.99. The van der Waals surface area contributed by atoms with Gasteiger partial charge in [0.2, 0.25) is 0 Å². The van der Waals surface area contributed by atoms with Crippen LogP contribution < -0.4 is 0 Å². The van der Waals surface area contributed by atoms with Gasteiger partial charge < -0.3 is 9.84 Å². The molecule has 3 nitrogen and oxygen atoms in total. The molecule has 0 aromatic heterocycles. The van der Waals surface area contributed by atoms with Gasteiger partial charge in [-0.15, -0.1) is 6.42 Å². The monoisotopic (exact) mass is 128 g/mol. The topological polar surface area (TPSA) is 46.5 Å². The lowest BCUT2D eigenvalue weighted by Gasteiger charge is -2.01. The van der Waals surface area contributed by atoms with Crippen LogP contribution in [0, 0.1) is 12.3 Å². The van der Waals surface area contributed by atoms with Gasteiger partial charge in [-0.05, 0) is 6.92 Å². The number of esters is 1. The van der Waals surface area contributed by atoms with Gasteiger partial charge in [0.15, 0.2) is 0 Å². The molecule has 0 heterocycles. The highest BCUT2D eigenvalue weighted by molar-refractivity contribution is 5.87. The average molecular weight is 128 g/mol. The molecule has 0 bridgehead atoms. The first-order chi connectivity index (χ1) is 4.16. The van der Waals surface area contributed by atoms with Crippen LogP contribution in [-0.4, -0.2) is 23.8 Å². The van der Waals surface area contributed by atoms with Gasteiger partial charge in [-0.3, -0.25) is 0 Å². The normalized spacial score (nSPS) is 11.7. The van der Waals surface area contributed by atoms with E-state index in [1.807, 2.05) is 0 Å². The van der Waals surface area contributed by atoms with Crippen LogP contribution in [0.25, 0.3) is 0 Å². The molecule has 0 fully saturated rings. The highest BCUT2D eigenvalue weighted by atomic mass is 16.5. The van der Waals surface area contributed by atoms with E-state index in [1.165, 1.54) is 6.92 Å². The third-order valence-corrected chi connectivity index (χ3v) is 0.573. The lowest BCUT2D eigenvalue weighted by molar-refractivity contribution is -0.139. The molecule has 0 amide bonds. The van der Waals surface area contributed by atoms with Crippen LogP contribution in [0.15, 0.2) is 0 Å². The summed E-state index contributed by atoms with van der Waals surface area (Å²) in [4.78, 5) is 10.1. The molecule has 0 aliphatic heterocycles. The van der Waals surface area contributed by atoms with Crippen LogP contribution in [0.4, 0.5) is 0 Å². The first-order valence-corrected chi connectivity index (χ1v) is 2.48. The van der Waals surface area contributed by atoms with Gasteiger partial charge in [-0.2, -0.15) is 0 Å². The van der Waals surface area contributed by atoms with Crippen molar-refractivity contribution in [2.45, 2.75) is 13.0 Å². The van der Waals surface area contributed by atoms with Gasteiger partial charge >= 0.3 is 5.97 Å². The van der Waals surface area contributed by atoms with E-state index >= 15 is 0 Å². The molecular weight excluding hydrogens is 120 g/mol. The minimum absolute atomic E-state index is 0.0387. The zero-order valence-electron chi connectivity index (χ0n) is 5.13. The van der Waals surface area contributed by atoms with Crippen LogP contribution in [-0.2, 0) is 9.53 Å². The quantitative estimate of drug-likeness (QED) is 0.311. The van der Waals surface area contributed by atoms with Crippen LogP contribution in [0.1, 0.15) is 6.92 Å². The molecular formula is C6H8O3. The molecule has 0 spiro atoms. The summed E-state index contributed by atoms with van der Waals surface area (Å²) in [6.45, 7) is 1.47. The van der Waals surface area contributed by atoms with Crippen molar-refractivity contribution in [2.75, 3.05) is 6.61 Å². The van der Waals surface area contributed by atoms with E-state index in [-0.39, 0.29) is 6.61 Å². The maximum Gasteiger partial charge on any atom is 0.384 e. The number of carbonyl (C=O) groups is 1. The molecule has 0 aromatic rings. The van der Waals surface area contributed by atoms with Crippen LogP contribution >= 0.6 is 0 Å². The van der Waals surface area contributed by atoms with Gasteiger partial charge in [0.25, 0.3) is 0 Å². The predicted molar refractivity (Wildman–Crippen MR) is 31.5 cm³/mol. The second kappa shape index (κ2) is 3.93. The zero-order chi connectivity index (χ0) is 7.28. The molecule has 0 saturated heterocycles. The van der Waals surface area contributed by atoms with E-state index in [2.05, 4.69) is 11.2 Å². The maximum atomic E-state index is 10.1. The van der Waals surface area contributed by atoms with E-state index in [0.717, 1.165) is 0 Å². The fraction of sp³-hybridized carbons (Fsp3) is 0.500. The SMILES string of the molecule is C#CC(=O)OC[C@H](C)O. The summed E-state index contributed by atoms with van der Waals surface area (Å²) in [7, 11) is 0. The number of aliphatic hydroxyl groups excluding tert-OH is 1. The predicted octanol–water partition coefficient (Wildman–Crippen LogP) is -0.456. The van der Waals surface area contributed by atoms with Gasteiger partial charge in [0, 0.05) is 5.92 Å². The third kappa shape index (κ3) is 4.85. The average Bonchev–Trinajstić information content (AvgIpc) is 1.83. The second-order valence-electron chi connectivity index (χ2n) is 1.59. The van der Waals surface area contributed by atoms with E-state index in [9.17, 15) is 4.79 Å². The second-order valence-corrected chi connectivity index (χ2v) is 1.59. The van der Waals surface area contributed by atoms with Crippen molar-refractivity contribution in [2.24, 2.45) is 0 Å². The Balaban J connectivity index is 3.31. The van der Waals surface area contributed by atoms with Crippen molar-refractivity contribution in [3.8, 4) is 12.3 Å². The highest BCUT2D eigenvalue weighted by Crippen LogP contribution is 1.81. The number of ether oxygens (including phenoxy) is 1. The van der Waals surface area contributed by atoms with E-state index in [0.29, 0.717) is 0 Å². The molecule has 0 unspecified atom stereocenters. The first-order valence-electron chi connectivity index (χ1n) is 2.48. The minimum atomic E-state index is -0.740.